The Kier molecular flexibility index (Phi) is 5.37. The van der Waals surface area contributed by atoms with Gasteiger partial charge in [-0.15, -0.1) is 0 Å². The molecule has 1 fully saturated rings. The Morgan fingerprint density at radius 3 is 2.69 bits per heavy atom. The van der Waals surface area contributed by atoms with Gasteiger partial charge in [-0.05, 0) is 39.0 Å². The van der Waals surface area contributed by atoms with Crippen molar-refractivity contribution in [2.75, 3.05) is 23.3 Å². The number of aryl methyl sites for hydroxylation is 1. The molecule has 0 spiro atoms. The van der Waals surface area contributed by atoms with Gasteiger partial charge in [0, 0.05) is 43.8 Å². The van der Waals surface area contributed by atoms with Gasteiger partial charge >= 0.3 is 0 Å². The lowest BCUT2D eigenvalue weighted by molar-refractivity contribution is -0.00522. The van der Waals surface area contributed by atoms with Crippen LogP contribution in [-0.4, -0.2) is 40.8 Å². The standard InChI is InChI=1S/C19H24N4O3/c1-4-22-12-15(5-6-18(22)24)21-19(25)17-9-16(7-8-20-17)23-10-13(2)26-14(3)11-23/h5-9,12-14H,4,10-11H2,1-3H3,(H,21,25). The van der Waals surface area contributed by atoms with Crippen molar-refractivity contribution < 1.29 is 9.53 Å². The van der Waals surface area contributed by atoms with Gasteiger partial charge in [-0.1, -0.05) is 0 Å². The molecule has 0 saturated carbocycles. The van der Waals surface area contributed by atoms with Gasteiger partial charge in [0.1, 0.15) is 5.69 Å². The molecule has 2 aromatic heterocycles. The smallest absolute Gasteiger partial charge is 0.274 e. The van der Waals surface area contributed by atoms with Crippen molar-refractivity contribution in [1.29, 1.82) is 0 Å². The fraction of sp³-hybridized carbons (Fsp3) is 0.421. The maximum Gasteiger partial charge on any atom is 0.274 e. The highest BCUT2D eigenvalue weighted by Gasteiger charge is 2.23. The van der Waals surface area contributed by atoms with E-state index in [2.05, 4.69) is 15.2 Å². The molecule has 2 aromatic rings. The van der Waals surface area contributed by atoms with Crippen LogP contribution in [0.3, 0.4) is 0 Å². The molecule has 1 aliphatic heterocycles. The summed E-state index contributed by atoms with van der Waals surface area (Å²) >= 11 is 0. The Morgan fingerprint density at radius 2 is 2.00 bits per heavy atom. The third-order valence-electron chi connectivity index (χ3n) is 4.34. The third kappa shape index (κ3) is 4.11. The van der Waals surface area contributed by atoms with Crippen LogP contribution in [0.25, 0.3) is 0 Å². The molecule has 0 aromatic carbocycles. The number of nitrogens with zero attached hydrogens (tertiary/aromatic N) is 3. The van der Waals surface area contributed by atoms with E-state index in [1.807, 2.05) is 26.8 Å². The van der Waals surface area contributed by atoms with Crippen molar-refractivity contribution in [3.05, 3.63) is 52.7 Å². The molecule has 7 nitrogen and oxygen atoms in total. The van der Waals surface area contributed by atoms with Crippen LogP contribution in [0, 0.1) is 0 Å². The Morgan fingerprint density at radius 1 is 1.27 bits per heavy atom. The van der Waals surface area contributed by atoms with Crippen molar-refractivity contribution in [2.24, 2.45) is 0 Å². The average Bonchev–Trinajstić information content (AvgIpc) is 2.62. The second-order valence-corrected chi connectivity index (χ2v) is 6.56. The van der Waals surface area contributed by atoms with Crippen molar-refractivity contribution in [1.82, 2.24) is 9.55 Å². The molecule has 3 rings (SSSR count). The number of morpholine rings is 1. The summed E-state index contributed by atoms with van der Waals surface area (Å²) in [6.45, 7) is 8.06. The number of hydrogen-bond acceptors (Lipinski definition) is 5. The van der Waals surface area contributed by atoms with Crippen LogP contribution in [0.2, 0.25) is 0 Å². The van der Waals surface area contributed by atoms with E-state index in [4.69, 9.17) is 4.74 Å². The molecule has 7 heteroatoms. The second-order valence-electron chi connectivity index (χ2n) is 6.56. The number of hydrogen-bond donors (Lipinski definition) is 1. The number of amides is 1. The monoisotopic (exact) mass is 356 g/mol. The van der Waals surface area contributed by atoms with Crippen molar-refractivity contribution in [3.63, 3.8) is 0 Å². The minimum absolute atomic E-state index is 0.0961. The van der Waals surface area contributed by atoms with Crippen LogP contribution in [0.4, 0.5) is 11.4 Å². The van der Waals surface area contributed by atoms with Crippen LogP contribution >= 0.6 is 0 Å². The second kappa shape index (κ2) is 7.70. The molecule has 1 aliphatic rings. The zero-order chi connectivity index (χ0) is 18.7. The van der Waals surface area contributed by atoms with Gasteiger partial charge in [0.15, 0.2) is 0 Å². The summed E-state index contributed by atoms with van der Waals surface area (Å²) in [6.07, 6.45) is 3.55. The van der Waals surface area contributed by atoms with Crippen LogP contribution in [0.15, 0.2) is 41.5 Å². The van der Waals surface area contributed by atoms with Gasteiger partial charge in [0.05, 0.1) is 17.9 Å². The summed E-state index contributed by atoms with van der Waals surface area (Å²) in [7, 11) is 0. The van der Waals surface area contributed by atoms with Gasteiger partial charge in [0.2, 0.25) is 0 Å². The van der Waals surface area contributed by atoms with Gasteiger partial charge in [0.25, 0.3) is 11.5 Å². The van der Waals surface area contributed by atoms with E-state index in [1.54, 1.807) is 24.5 Å². The topological polar surface area (TPSA) is 76.5 Å². The number of aromatic nitrogens is 2. The summed E-state index contributed by atoms with van der Waals surface area (Å²) in [5, 5.41) is 2.80. The first-order valence-electron chi connectivity index (χ1n) is 8.84. The molecule has 0 bridgehead atoms. The maximum atomic E-state index is 12.6. The Bertz CT molecular complexity index is 839. The third-order valence-corrected chi connectivity index (χ3v) is 4.34. The van der Waals surface area contributed by atoms with Gasteiger partial charge in [-0.2, -0.15) is 0 Å². The molecular weight excluding hydrogens is 332 g/mol. The molecule has 26 heavy (non-hydrogen) atoms. The van der Waals surface area contributed by atoms with Gasteiger partial charge < -0.3 is 19.5 Å². The first kappa shape index (κ1) is 18.1. The highest BCUT2D eigenvalue weighted by atomic mass is 16.5. The number of rotatable bonds is 4. The number of nitrogens with one attached hydrogen (secondary N) is 1. The van der Waals surface area contributed by atoms with Crippen LogP contribution < -0.4 is 15.8 Å². The molecular formula is C19H24N4O3. The van der Waals surface area contributed by atoms with E-state index in [0.717, 1.165) is 18.8 Å². The quantitative estimate of drug-likeness (QED) is 0.908. The van der Waals surface area contributed by atoms with Crippen LogP contribution in [-0.2, 0) is 11.3 Å². The molecule has 1 saturated heterocycles. The maximum absolute atomic E-state index is 12.6. The van der Waals surface area contributed by atoms with Crippen molar-refractivity contribution in [2.45, 2.75) is 39.5 Å². The summed E-state index contributed by atoms with van der Waals surface area (Å²) in [5.74, 6) is -0.303. The van der Waals surface area contributed by atoms with Crippen molar-refractivity contribution in [3.8, 4) is 0 Å². The van der Waals surface area contributed by atoms with E-state index >= 15 is 0 Å². The predicted molar refractivity (Wildman–Crippen MR) is 101 cm³/mol. The highest BCUT2D eigenvalue weighted by Crippen LogP contribution is 2.21. The summed E-state index contributed by atoms with van der Waals surface area (Å²) < 4.78 is 7.30. The van der Waals surface area contributed by atoms with E-state index in [1.165, 1.54) is 10.6 Å². The lowest BCUT2D eigenvalue weighted by Gasteiger charge is -2.36. The molecule has 0 aliphatic carbocycles. The average molecular weight is 356 g/mol. The molecule has 2 unspecified atom stereocenters. The Balaban J connectivity index is 1.77. The number of carbonyl (C=O) groups excluding carboxylic acids is 1. The summed E-state index contributed by atoms with van der Waals surface area (Å²) in [4.78, 5) is 30.6. The van der Waals surface area contributed by atoms with E-state index in [9.17, 15) is 9.59 Å². The number of pyridine rings is 2. The Labute approximate surface area is 152 Å². The zero-order valence-electron chi connectivity index (χ0n) is 15.3. The first-order chi connectivity index (χ1) is 12.5. The van der Waals surface area contributed by atoms with Gasteiger partial charge in [-0.3, -0.25) is 14.6 Å². The molecule has 3 heterocycles. The van der Waals surface area contributed by atoms with Crippen LogP contribution in [0.5, 0.6) is 0 Å². The molecule has 1 N–H and O–H groups in total. The minimum atomic E-state index is -0.303. The molecule has 138 valence electrons. The minimum Gasteiger partial charge on any atom is -0.372 e. The zero-order valence-corrected chi connectivity index (χ0v) is 15.3. The van der Waals surface area contributed by atoms with Crippen molar-refractivity contribution >= 4 is 17.3 Å². The summed E-state index contributed by atoms with van der Waals surface area (Å²) in [5.41, 5.74) is 1.76. The van der Waals surface area contributed by atoms with E-state index in [0.29, 0.717) is 17.9 Å². The summed E-state index contributed by atoms with van der Waals surface area (Å²) in [6, 6.07) is 6.73. The largest absolute Gasteiger partial charge is 0.372 e. The van der Waals surface area contributed by atoms with E-state index < -0.39 is 0 Å². The number of ether oxygens (including phenoxy) is 1. The van der Waals surface area contributed by atoms with Gasteiger partial charge in [-0.25, -0.2) is 0 Å². The number of anilines is 2. The fourth-order valence-corrected chi connectivity index (χ4v) is 3.18. The first-order valence-corrected chi connectivity index (χ1v) is 8.84. The lowest BCUT2D eigenvalue weighted by atomic mass is 10.2. The molecule has 2 atom stereocenters. The highest BCUT2D eigenvalue weighted by molar-refractivity contribution is 6.03. The van der Waals surface area contributed by atoms with E-state index in [-0.39, 0.29) is 23.7 Å². The van der Waals surface area contributed by atoms with Crippen LogP contribution in [0.1, 0.15) is 31.3 Å². The SMILES string of the molecule is CCn1cc(NC(=O)c2cc(N3CC(C)OC(C)C3)ccn2)ccc1=O. The number of carbonyl (C=O) groups is 1. The normalized spacial score (nSPS) is 20.0. The lowest BCUT2D eigenvalue weighted by Crippen LogP contribution is -2.45. The fourth-order valence-electron chi connectivity index (χ4n) is 3.18. The Hall–Kier alpha value is -2.67. The molecule has 1 amide bonds. The predicted octanol–water partition coefficient (Wildman–Crippen LogP) is 2.13. The molecule has 0 radical (unpaired) electrons.